The molecule has 20 heavy (non-hydrogen) atoms. The molecule has 0 bridgehead atoms. The fourth-order valence-corrected chi connectivity index (χ4v) is 2.81. The lowest BCUT2D eigenvalue weighted by Gasteiger charge is -2.28. The average Bonchev–Trinajstić information content (AvgIpc) is 2.50. The van der Waals surface area contributed by atoms with Crippen LogP contribution >= 0.6 is 0 Å². The number of pyridine rings is 1. The third-order valence-electron chi connectivity index (χ3n) is 4.20. The van der Waals surface area contributed by atoms with E-state index in [0.717, 1.165) is 37.8 Å². The second-order valence-electron chi connectivity index (χ2n) is 5.63. The van der Waals surface area contributed by atoms with Gasteiger partial charge in [0.1, 0.15) is 0 Å². The zero-order valence-corrected chi connectivity index (χ0v) is 12.9. The summed E-state index contributed by atoms with van der Waals surface area (Å²) in [6.45, 7) is 5.09. The summed E-state index contributed by atoms with van der Waals surface area (Å²) in [5.41, 5.74) is 2.32. The Balaban J connectivity index is 1.94. The Morgan fingerprint density at radius 2 is 2.15 bits per heavy atom. The van der Waals surface area contributed by atoms with Crippen molar-refractivity contribution in [2.45, 2.75) is 32.2 Å². The van der Waals surface area contributed by atoms with Crippen LogP contribution in [-0.4, -0.2) is 38.8 Å². The predicted octanol–water partition coefficient (Wildman–Crippen LogP) is 2.61. The molecule has 0 amide bonds. The van der Waals surface area contributed by atoms with Gasteiger partial charge in [-0.15, -0.1) is 0 Å². The first-order valence-electron chi connectivity index (χ1n) is 7.66. The van der Waals surface area contributed by atoms with Gasteiger partial charge >= 0.3 is 0 Å². The molecule has 0 radical (unpaired) electrons. The van der Waals surface area contributed by atoms with Crippen molar-refractivity contribution in [3.05, 3.63) is 24.0 Å². The van der Waals surface area contributed by atoms with E-state index in [4.69, 9.17) is 4.74 Å². The van der Waals surface area contributed by atoms with Crippen LogP contribution in [0.3, 0.4) is 0 Å². The van der Waals surface area contributed by atoms with Crippen molar-refractivity contribution in [2.24, 2.45) is 5.92 Å². The van der Waals surface area contributed by atoms with Crippen LogP contribution in [0.1, 0.15) is 37.9 Å². The SMILES string of the molecule is CCC(NC)c1ccc(N(C)CC2CCOCC2)cn1. The fraction of sp³-hybridized carbons (Fsp3) is 0.688. The van der Waals surface area contributed by atoms with E-state index >= 15 is 0 Å². The zero-order valence-electron chi connectivity index (χ0n) is 12.9. The molecule has 0 saturated carbocycles. The summed E-state index contributed by atoms with van der Waals surface area (Å²) < 4.78 is 5.42. The van der Waals surface area contributed by atoms with Crippen molar-refractivity contribution in [2.75, 3.05) is 38.8 Å². The van der Waals surface area contributed by atoms with E-state index in [9.17, 15) is 0 Å². The van der Waals surface area contributed by atoms with Gasteiger partial charge in [0, 0.05) is 32.8 Å². The second kappa shape index (κ2) is 7.60. The average molecular weight is 277 g/mol. The Morgan fingerprint density at radius 1 is 1.40 bits per heavy atom. The van der Waals surface area contributed by atoms with Crippen LogP contribution < -0.4 is 10.2 Å². The number of anilines is 1. The molecule has 1 aromatic heterocycles. The molecule has 1 atom stereocenters. The van der Waals surface area contributed by atoms with Gasteiger partial charge in [0.15, 0.2) is 0 Å². The van der Waals surface area contributed by atoms with Gasteiger partial charge in [-0.05, 0) is 44.4 Å². The molecule has 1 fully saturated rings. The highest BCUT2D eigenvalue weighted by Gasteiger charge is 2.16. The van der Waals surface area contributed by atoms with E-state index in [0.29, 0.717) is 6.04 Å². The molecule has 0 aromatic carbocycles. The number of hydrogen-bond acceptors (Lipinski definition) is 4. The van der Waals surface area contributed by atoms with Crippen LogP contribution in [0.2, 0.25) is 0 Å². The van der Waals surface area contributed by atoms with Gasteiger partial charge in [0.2, 0.25) is 0 Å². The molecule has 1 aromatic rings. The number of aromatic nitrogens is 1. The summed E-state index contributed by atoms with van der Waals surface area (Å²) in [5.74, 6) is 0.745. The Bertz CT molecular complexity index is 383. The Labute approximate surface area is 122 Å². The zero-order chi connectivity index (χ0) is 14.4. The Hall–Kier alpha value is -1.13. The molecule has 1 unspecified atom stereocenters. The molecule has 112 valence electrons. The van der Waals surface area contributed by atoms with Gasteiger partial charge in [-0.1, -0.05) is 6.92 Å². The van der Waals surface area contributed by atoms with E-state index in [2.05, 4.69) is 41.3 Å². The molecular formula is C16H27N3O. The second-order valence-corrected chi connectivity index (χ2v) is 5.63. The maximum atomic E-state index is 5.42. The quantitative estimate of drug-likeness (QED) is 0.867. The third kappa shape index (κ3) is 3.93. The first kappa shape index (κ1) is 15.3. The van der Waals surface area contributed by atoms with Crippen molar-refractivity contribution >= 4 is 5.69 Å². The molecule has 0 spiro atoms. The summed E-state index contributed by atoms with van der Waals surface area (Å²) in [6.07, 6.45) is 5.40. The third-order valence-corrected chi connectivity index (χ3v) is 4.20. The Kier molecular flexibility index (Phi) is 5.80. The van der Waals surface area contributed by atoms with Gasteiger partial charge in [-0.3, -0.25) is 4.98 Å². The van der Waals surface area contributed by atoms with Crippen LogP contribution in [0.15, 0.2) is 18.3 Å². The molecule has 1 saturated heterocycles. The monoisotopic (exact) mass is 277 g/mol. The highest BCUT2D eigenvalue weighted by atomic mass is 16.5. The highest BCUT2D eigenvalue weighted by Crippen LogP contribution is 2.21. The first-order chi connectivity index (χ1) is 9.74. The number of ether oxygens (including phenoxy) is 1. The summed E-state index contributed by atoms with van der Waals surface area (Å²) in [7, 11) is 4.14. The Morgan fingerprint density at radius 3 is 2.70 bits per heavy atom. The van der Waals surface area contributed by atoms with E-state index in [1.807, 2.05) is 13.2 Å². The molecular weight excluding hydrogens is 250 g/mol. The summed E-state index contributed by atoms with van der Waals surface area (Å²) in [5, 5.41) is 3.29. The lowest BCUT2D eigenvalue weighted by atomic mass is 10.00. The predicted molar refractivity (Wildman–Crippen MR) is 83.1 cm³/mol. The van der Waals surface area contributed by atoms with Gasteiger partial charge < -0.3 is 15.0 Å². The van der Waals surface area contributed by atoms with Crippen molar-refractivity contribution in [1.82, 2.24) is 10.3 Å². The van der Waals surface area contributed by atoms with Crippen molar-refractivity contribution in [3.63, 3.8) is 0 Å². The van der Waals surface area contributed by atoms with Gasteiger partial charge in [0.25, 0.3) is 0 Å². The maximum Gasteiger partial charge on any atom is 0.0574 e. The minimum absolute atomic E-state index is 0.352. The van der Waals surface area contributed by atoms with E-state index < -0.39 is 0 Å². The minimum Gasteiger partial charge on any atom is -0.381 e. The smallest absolute Gasteiger partial charge is 0.0574 e. The lowest BCUT2D eigenvalue weighted by molar-refractivity contribution is 0.0685. The van der Waals surface area contributed by atoms with Crippen LogP contribution in [0, 0.1) is 5.92 Å². The maximum absolute atomic E-state index is 5.42. The molecule has 1 aliphatic rings. The molecule has 1 N–H and O–H groups in total. The molecule has 1 aliphatic heterocycles. The molecule has 4 nitrogen and oxygen atoms in total. The highest BCUT2D eigenvalue weighted by molar-refractivity contribution is 5.44. The van der Waals surface area contributed by atoms with Crippen LogP contribution in [0.25, 0.3) is 0 Å². The lowest BCUT2D eigenvalue weighted by Crippen LogP contribution is -2.29. The largest absolute Gasteiger partial charge is 0.381 e. The van der Waals surface area contributed by atoms with Gasteiger partial charge in [0.05, 0.1) is 17.6 Å². The van der Waals surface area contributed by atoms with Crippen LogP contribution in [0.4, 0.5) is 5.69 Å². The summed E-state index contributed by atoms with van der Waals surface area (Å²) in [6, 6.07) is 4.67. The van der Waals surface area contributed by atoms with E-state index in [-0.39, 0.29) is 0 Å². The normalized spacial score (nSPS) is 17.9. The van der Waals surface area contributed by atoms with Gasteiger partial charge in [-0.2, -0.15) is 0 Å². The minimum atomic E-state index is 0.352. The molecule has 4 heteroatoms. The number of hydrogen-bond donors (Lipinski definition) is 1. The van der Waals surface area contributed by atoms with Gasteiger partial charge in [-0.25, -0.2) is 0 Å². The fourth-order valence-electron chi connectivity index (χ4n) is 2.81. The van der Waals surface area contributed by atoms with Crippen LogP contribution in [0.5, 0.6) is 0 Å². The van der Waals surface area contributed by atoms with Crippen molar-refractivity contribution < 1.29 is 4.74 Å². The summed E-state index contributed by atoms with van der Waals surface area (Å²) >= 11 is 0. The molecule has 2 heterocycles. The van der Waals surface area contributed by atoms with E-state index in [1.165, 1.54) is 18.5 Å². The molecule has 0 aliphatic carbocycles. The van der Waals surface area contributed by atoms with Crippen LogP contribution in [-0.2, 0) is 4.74 Å². The topological polar surface area (TPSA) is 37.4 Å². The van der Waals surface area contributed by atoms with Crippen molar-refractivity contribution in [3.8, 4) is 0 Å². The first-order valence-corrected chi connectivity index (χ1v) is 7.66. The van der Waals surface area contributed by atoms with E-state index in [1.54, 1.807) is 0 Å². The number of nitrogens with zero attached hydrogens (tertiary/aromatic N) is 2. The van der Waals surface area contributed by atoms with Crippen molar-refractivity contribution in [1.29, 1.82) is 0 Å². The number of rotatable bonds is 6. The number of nitrogens with one attached hydrogen (secondary N) is 1. The molecule has 2 rings (SSSR count). The standard InChI is InChI=1S/C16H27N3O/c1-4-15(17-2)16-6-5-14(11-18-16)19(3)12-13-7-9-20-10-8-13/h5-6,11,13,15,17H,4,7-10,12H2,1-3H3. The summed E-state index contributed by atoms with van der Waals surface area (Å²) in [4.78, 5) is 6.92.